The van der Waals surface area contributed by atoms with Crippen LogP contribution in [0.1, 0.15) is 11.1 Å². The van der Waals surface area contributed by atoms with E-state index in [-0.39, 0.29) is 12.1 Å². The number of halogens is 15. The number of hydrogen-bond donors (Lipinski definition) is 0. The minimum absolute atomic E-state index is 0.100. The van der Waals surface area contributed by atoms with E-state index in [1.165, 1.54) is 0 Å². The number of rotatable bonds is 6. The molecule has 0 atom stereocenters. The summed E-state index contributed by atoms with van der Waals surface area (Å²) in [6.45, 7) is -1.42. The molecule has 1 aromatic rings. The number of esters is 1. The number of hydrogen-bond acceptors (Lipinski definition) is 2. The van der Waals surface area contributed by atoms with Crippen molar-refractivity contribution in [2.24, 2.45) is 0 Å². The fraction of sp³-hybridized carbons (Fsp3) is 0.438. The average Bonchev–Trinajstić information content (AvgIpc) is 2.61. The van der Waals surface area contributed by atoms with Crippen LogP contribution in [0.2, 0.25) is 0 Å². The highest BCUT2D eigenvalue weighted by Gasteiger charge is 2.65. The summed E-state index contributed by atoms with van der Waals surface area (Å²) in [7, 11) is 0. The topological polar surface area (TPSA) is 26.3 Å². The molecular weight excluding hydrogens is 509 g/mol. The maximum Gasteiger partial charge on any atom is 0.465 e. The van der Waals surface area contributed by atoms with Crippen LogP contribution in [-0.4, -0.2) is 42.3 Å². The predicted molar refractivity (Wildman–Crippen MR) is 77.2 cm³/mol. The van der Waals surface area contributed by atoms with Crippen molar-refractivity contribution in [2.75, 3.05) is 0 Å². The second kappa shape index (κ2) is 8.62. The second-order valence-electron chi connectivity index (χ2n) is 6.10. The van der Waals surface area contributed by atoms with Crippen molar-refractivity contribution in [1.82, 2.24) is 0 Å². The predicted octanol–water partition coefficient (Wildman–Crippen LogP) is 6.71. The summed E-state index contributed by atoms with van der Waals surface area (Å²) >= 11 is 0. The van der Waals surface area contributed by atoms with Gasteiger partial charge in [0, 0.05) is 11.6 Å². The SMILES string of the molecule is O=C(OCc1ccc(/C(=C\C(F)(F)C(F)(F)F)C(F)(F)C(F)(F)F)cc1)C(F)(F)C(F)(F)F. The lowest BCUT2D eigenvalue weighted by Crippen LogP contribution is -2.45. The van der Waals surface area contributed by atoms with E-state index in [4.69, 9.17) is 0 Å². The van der Waals surface area contributed by atoms with Crippen LogP contribution in [0.4, 0.5) is 65.9 Å². The van der Waals surface area contributed by atoms with Crippen LogP contribution < -0.4 is 0 Å². The molecule has 0 bridgehead atoms. The summed E-state index contributed by atoms with van der Waals surface area (Å²) in [6, 6.07) is 0.896. The quantitative estimate of drug-likeness (QED) is 0.311. The highest BCUT2D eigenvalue weighted by atomic mass is 19.4. The fourth-order valence-corrected chi connectivity index (χ4v) is 1.91. The Morgan fingerprint density at radius 3 is 1.45 bits per heavy atom. The van der Waals surface area contributed by atoms with E-state index >= 15 is 0 Å². The first kappa shape index (κ1) is 28.4. The Balaban J connectivity index is 3.31. The van der Waals surface area contributed by atoms with Gasteiger partial charge in [-0.15, -0.1) is 0 Å². The molecule has 0 saturated carbocycles. The molecule has 33 heavy (non-hydrogen) atoms. The van der Waals surface area contributed by atoms with Gasteiger partial charge < -0.3 is 4.74 Å². The van der Waals surface area contributed by atoms with E-state index in [1.54, 1.807) is 0 Å². The molecule has 0 spiro atoms. The van der Waals surface area contributed by atoms with Gasteiger partial charge in [-0.3, -0.25) is 0 Å². The molecule has 188 valence electrons. The van der Waals surface area contributed by atoms with Crippen molar-refractivity contribution in [3.8, 4) is 0 Å². The molecule has 1 rings (SSSR count). The number of carbonyl (C=O) groups excluding carboxylic acids is 1. The summed E-state index contributed by atoms with van der Waals surface area (Å²) < 4.78 is 193. The van der Waals surface area contributed by atoms with E-state index in [9.17, 15) is 70.7 Å². The van der Waals surface area contributed by atoms with Crippen molar-refractivity contribution in [3.05, 3.63) is 41.5 Å². The van der Waals surface area contributed by atoms with Gasteiger partial charge in [0.25, 0.3) is 0 Å². The molecule has 0 aliphatic heterocycles. The Morgan fingerprint density at radius 2 is 1.09 bits per heavy atom. The van der Waals surface area contributed by atoms with Gasteiger partial charge in [-0.25, -0.2) is 4.79 Å². The Bertz CT molecular complexity index is 873. The van der Waals surface area contributed by atoms with Crippen molar-refractivity contribution in [3.63, 3.8) is 0 Å². The van der Waals surface area contributed by atoms with Crippen LogP contribution in [0.5, 0.6) is 0 Å². The minimum Gasteiger partial charge on any atom is -0.456 e. The number of allylic oxidation sites excluding steroid dienone is 2. The van der Waals surface area contributed by atoms with Crippen molar-refractivity contribution >= 4 is 11.5 Å². The van der Waals surface area contributed by atoms with E-state index in [0.717, 1.165) is 0 Å². The smallest absolute Gasteiger partial charge is 0.456 e. The number of benzene rings is 1. The minimum atomic E-state index is -6.63. The number of alkyl halides is 15. The largest absolute Gasteiger partial charge is 0.465 e. The molecule has 0 aliphatic carbocycles. The van der Waals surface area contributed by atoms with Crippen LogP contribution in [-0.2, 0) is 16.1 Å². The molecule has 1 aromatic carbocycles. The third kappa shape index (κ3) is 6.04. The third-order valence-electron chi connectivity index (χ3n) is 3.65. The van der Waals surface area contributed by atoms with E-state index < -0.39 is 71.6 Å². The molecule has 0 radical (unpaired) electrons. The fourth-order valence-electron chi connectivity index (χ4n) is 1.91. The molecule has 0 aromatic heterocycles. The van der Waals surface area contributed by atoms with Gasteiger partial charge >= 0.3 is 42.3 Å². The normalized spacial score (nSPS) is 14.9. The highest BCUT2D eigenvalue weighted by Crippen LogP contribution is 2.48. The van der Waals surface area contributed by atoms with Crippen molar-refractivity contribution in [1.29, 1.82) is 0 Å². The Morgan fingerprint density at radius 1 is 0.667 bits per heavy atom. The van der Waals surface area contributed by atoms with E-state index in [1.807, 2.05) is 0 Å². The highest BCUT2D eigenvalue weighted by molar-refractivity contribution is 5.78. The monoisotopic (exact) mass is 516 g/mol. The van der Waals surface area contributed by atoms with Gasteiger partial charge in [0.15, 0.2) is 0 Å². The standard InChI is InChI=1S/C16H7F15O2/c17-11(18,14(23,24)25)5-9(12(19,20)15(26,27)28)8-3-1-7(2-4-8)6-33-10(32)13(21,22)16(29,30)31/h1-5H,6H2/b9-5+. The summed E-state index contributed by atoms with van der Waals surface area (Å²) in [5.41, 5.74) is -5.00. The molecule has 0 aliphatic rings. The van der Waals surface area contributed by atoms with Crippen molar-refractivity contribution in [2.45, 2.75) is 42.9 Å². The summed E-state index contributed by atoms with van der Waals surface area (Å²) in [6.07, 6.45) is -21.2. The average molecular weight is 516 g/mol. The zero-order valence-corrected chi connectivity index (χ0v) is 15.1. The van der Waals surface area contributed by atoms with Crippen LogP contribution >= 0.6 is 0 Å². The first-order valence-electron chi connectivity index (χ1n) is 7.78. The van der Waals surface area contributed by atoms with Gasteiger partial charge in [-0.2, -0.15) is 65.9 Å². The maximum atomic E-state index is 13.6. The lowest BCUT2D eigenvalue weighted by molar-refractivity contribution is -0.281. The zero-order valence-electron chi connectivity index (χ0n) is 15.1. The molecule has 0 fully saturated rings. The van der Waals surface area contributed by atoms with Gasteiger partial charge in [-0.05, 0) is 11.1 Å². The molecule has 17 heteroatoms. The van der Waals surface area contributed by atoms with Crippen LogP contribution in [0.25, 0.3) is 5.57 Å². The lowest BCUT2D eigenvalue weighted by Gasteiger charge is -2.25. The second-order valence-corrected chi connectivity index (χ2v) is 6.10. The van der Waals surface area contributed by atoms with Gasteiger partial charge in [0.1, 0.15) is 6.61 Å². The number of carbonyl (C=O) groups is 1. The van der Waals surface area contributed by atoms with Gasteiger partial charge in [0.2, 0.25) is 0 Å². The Hall–Kier alpha value is -2.62. The third-order valence-corrected chi connectivity index (χ3v) is 3.65. The molecule has 0 N–H and O–H groups in total. The molecular formula is C16H7F15O2. The van der Waals surface area contributed by atoms with Gasteiger partial charge in [-0.1, -0.05) is 24.3 Å². The molecule has 0 heterocycles. The Labute approximate surface area is 172 Å². The number of ether oxygens (including phenoxy) is 1. The summed E-state index contributed by atoms with van der Waals surface area (Å²) in [5, 5.41) is 0. The molecule has 0 saturated heterocycles. The van der Waals surface area contributed by atoms with Gasteiger partial charge in [0.05, 0.1) is 0 Å². The molecule has 2 nitrogen and oxygen atoms in total. The van der Waals surface area contributed by atoms with Crippen molar-refractivity contribution < 1.29 is 75.4 Å². The van der Waals surface area contributed by atoms with E-state index in [0.29, 0.717) is 12.1 Å². The molecule has 0 unspecified atom stereocenters. The zero-order chi connectivity index (χ0) is 26.3. The summed E-state index contributed by atoms with van der Waals surface area (Å²) in [5.74, 6) is -21.4. The molecule has 0 amide bonds. The first-order valence-corrected chi connectivity index (χ1v) is 7.78. The lowest BCUT2D eigenvalue weighted by atomic mass is 9.96. The first-order chi connectivity index (χ1) is 14.4. The maximum absolute atomic E-state index is 13.6. The van der Waals surface area contributed by atoms with Crippen LogP contribution in [0.15, 0.2) is 30.3 Å². The van der Waals surface area contributed by atoms with Crippen LogP contribution in [0, 0.1) is 0 Å². The van der Waals surface area contributed by atoms with E-state index in [2.05, 4.69) is 4.74 Å². The Kier molecular flexibility index (Phi) is 7.43. The summed E-state index contributed by atoms with van der Waals surface area (Å²) in [4.78, 5) is 10.8. The van der Waals surface area contributed by atoms with Crippen LogP contribution in [0.3, 0.4) is 0 Å².